The van der Waals surface area contributed by atoms with Gasteiger partial charge < -0.3 is 0 Å². The topological polar surface area (TPSA) is 54.5 Å². The Morgan fingerprint density at radius 1 is 1.09 bits per heavy atom. The molecule has 1 aliphatic rings. The van der Waals surface area contributed by atoms with Crippen LogP contribution in [0.5, 0.6) is 0 Å². The summed E-state index contributed by atoms with van der Waals surface area (Å²) in [6.45, 7) is 0. The zero-order valence-corrected chi connectivity index (χ0v) is 15.5. The van der Waals surface area contributed by atoms with Crippen LogP contribution in [0.2, 0.25) is 10.0 Å². The van der Waals surface area contributed by atoms with Crippen molar-refractivity contribution in [2.75, 3.05) is 10.7 Å². The van der Waals surface area contributed by atoms with E-state index in [-0.39, 0.29) is 5.02 Å². The van der Waals surface area contributed by atoms with Crippen LogP contribution >= 0.6 is 39.1 Å². The fraction of sp³-hybridized carbons (Fsp3) is 0.133. The van der Waals surface area contributed by atoms with E-state index in [0.29, 0.717) is 16.3 Å². The van der Waals surface area contributed by atoms with Gasteiger partial charge in [-0.2, -0.15) is 0 Å². The lowest BCUT2D eigenvalue weighted by Crippen LogP contribution is -2.29. The van der Waals surface area contributed by atoms with Crippen molar-refractivity contribution >= 4 is 60.6 Å². The van der Waals surface area contributed by atoms with Crippen molar-refractivity contribution in [3.05, 3.63) is 62.5 Å². The molecule has 1 atom stereocenters. The van der Waals surface area contributed by atoms with E-state index >= 15 is 0 Å². The number of nitrogens with zero attached hydrogens (tertiary/aromatic N) is 1. The summed E-state index contributed by atoms with van der Waals surface area (Å²) in [7, 11) is -3.69. The molecule has 1 aliphatic heterocycles. The number of hydrogen-bond donors (Lipinski definition) is 0. The van der Waals surface area contributed by atoms with Crippen LogP contribution in [-0.4, -0.2) is 20.1 Å². The molecule has 2 aromatic rings. The highest BCUT2D eigenvalue weighted by Gasteiger charge is 2.46. The predicted molar refractivity (Wildman–Crippen MR) is 94.6 cm³/mol. The monoisotopic (exact) mass is 433 g/mol. The standard InChI is InChI=1S/C15H10BrCl2NO3S/c16-9-1-4-11(5-2-9)19-14(20)8-23(21,22)15(19)12-6-3-10(17)7-13(12)18/h1-7,15H,8H2/t15-/m1/s1. The maximum absolute atomic E-state index is 12.5. The van der Waals surface area contributed by atoms with Gasteiger partial charge in [0.15, 0.2) is 15.2 Å². The van der Waals surface area contributed by atoms with Crippen molar-refractivity contribution in [3.63, 3.8) is 0 Å². The second-order valence-corrected chi connectivity index (χ2v) is 8.89. The van der Waals surface area contributed by atoms with Gasteiger partial charge in [0.2, 0.25) is 5.91 Å². The number of halogens is 3. The minimum atomic E-state index is -3.69. The second-order valence-electron chi connectivity index (χ2n) is 5.07. The molecule has 0 radical (unpaired) electrons. The molecular formula is C15H10BrCl2NO3S. The molecule has 0 N–H and O–H groups in total. The van der Waals surface area contributed by atoms with E-state index in [0.717, 1.165) is 4.47 Å². The fourth-order valence-electron chi connectivity index (χ4n) is 2.53. The number of rotatable bonds is 2. The summed E-state index contributed by atoms with van der Waals surface area (Å²) in [5, 5.41) is -0.542. The number of benzene rings is 2. The number of carbonyl (C=O) groups excluding carboxylic acids is 1. The minimum Gasteiger partial charge on any atom is -0.290 e. The number of amides is 1. The Morgan fingerprint density at radius 3 is 2.35 bits per heavy atom. The van der Waals surface area contributed by atoms with Crippen LogP contribution in [0.25, 0.3) is 0 Å². The molecule has 8 heteroatoms. The smallest absolute Gasteiger partial charge is 0.243 e. The summed E-state index contributed by atoms with van der Waals surface area (Å²) in [6, 6.07) is 11.4. The first-order chi connectivity index (χ1) is 10.8. The van der Waals surface area contributed by atoms with Crippen molar-refractivity contribution in [1.29, 1.82) is 0 Å². The van der Waals surface area contributed by atoms with Crippen molar-refractivity contribution < 1.29 is 13.2 Å². The van der Waals surface area contributed by atoms with Crippen LogP contribution in [0, 0.1) is 0 Å². The number of anilines is 1. The van der Waals surface area contributed by atoms with Gasteiger partial charge in [0.1, 0.15) is 5.75 Å². The second kappa shape index (κ2) is 6.09. The molecule has 1 saturated heterocycles. The van der Waals surface area contributed by atoms with Crippen LogP contribution in [0.3, 0.4) is 0 Å². The highest BCUT2D eigenvalue weighted by Crippen LogP contribution is 2.41. The molecular weight excluding hydrogens is 425 g/mol. The van der Waals surface area contributed by atoms with Crippen LogP contribution < -0.4 is 4.90 Å². The van der Waals surface area contributed by atoms with Crippen LogP contribution in [0.15, 0.2) is 46.9 Å². The average Bonchev–Trinajstić information content (AvgIpc) is 2.69. The molecule has 3 rings (SSSR count). The Labute approximate surface area is 152 Å². The molecule has 4 nitrogen and oxygen atoms in total. The molecule has 0 aromatic heterocycles. The molecule has 0 bridgehead atoms. The Kier molecular flexibility index (Phi) is 4.44. The Morgan fingerprint density at radius 2 is 1.74 bits per heavy atom. The lowest BCUT2D eigenvalue weighted by molar-refractivity contribution is -0.115. The van der Waals surface area contributed by atoms with E-state index in [4.69, 9.17) is 23.2 Å². The van der Waals surface area contributed by atoms with Gasteiger partial charge in [0.05, 0.1) is 0 Å². The molecule has 23 heavy (non-hydrogen) atoms. The fourth-order valence-corrected chi connectivity index (χ4v) is 5.16. The lowest BCUT2D eigenvalue weighted by Gasteiger charge is -2.24. The van der Waals surface area contributed by atoms with Crippen molar-refractivity contribution in [3.8, 4) is 0 Å². The maximum atomic E-state index is 12.5. The van der Waals surface area contributed by atoms with Crippen molar-refractivity contribution in [2.45, 2.75) is 5.37 Å². The van der Waals surface area contributed by atoms with Gasteiger partial charge in [-0.15, -0.1) is 0 Å². The molecule has 1 amide bonds. The molecule has 0 saturated carbocycles. The minimum absolute atomic E-state index is 0.211. The first-order valence-electron chi connectivity index (χ1n) is 6.54. The Bertz CT molecular complexity index is 884. The van der Waals surface area contributed by atoms with Gasteiger partial charge in [-0.1, -0.05) is 45.2 Å². The third-order valence-corrected chi connectivity index (χ3v) is 6.39. The van der Waals surface area contributed by atoms with E-state index in [1.54, 1.807) is 30.3 Å². The van der Waals surface area contributed by atoms with Crippen molar-refractivity contribution in [2.24, 2.45) is 0 Å². The highest BCUT2D eigenvalue weighted by molar-refractivity contribution is 9.10. The van der Waals surface area contributed by atoms with Crippen molar-refractivity contribution in [1.82, 2.24) is 0 Å². The number of hydrogen-bond acceptors (Lipinski definition) is 3. The Hall–Kier alpha value is -1.08. The van der Waals surface area contributed by atoms with E-state index in [9.17, 15) is 13.2 Å². The molecule has 1 heterocycles. The predicted octanol–water partition coefficient (Wildman–Crippen LogP) is 4.22. The van der Waals surface area contributed by atoms with Gasteiger partial charge in [-0.05, 0) is 36.4 Å². The summed E-state index contributed by atoms with van der Waals surface area (Å²) in [6.07, 6.45) is 0. The SMILES string of the molecule is O=C1CS(=O)(=O)[C@H](c2ccc(Cl)cc2Cl)N1c1ccc(Br)cc1. The first-order valence-corrected chi connectivity index (χ1v) is 9.80. The van der Waals surface area contributed by atoms with Gasteiger partial charge >= 0.3 is 0 Å². The molecule has 0 aliphatic carbocycles. The molecule has 0 unspecified atom stereocenters. The van der Waals surface area contributed by atoms with Gasteiger partial charge in [0, 0.05) is 25.8 Å². The van der Waals surface area contributed by atoms with Crippen LogP contribution in [-0.2, 0) is 14.6 Å². The highest BCUT2D eigenvalue weighted by atomic mass is 79.9. The number of sulfone groups is 1. The normalized spacial score (nSPS) is 20.0. The van der Waals surface area contributed by atoms with Crippen LogP contribution in [0.1, 0.15) is 10.9 Å². The first kappa shape index (κ1) is 16.8. The third kappa shape index (κ3) is 3.13. The molecule has 1 fully saturated rings. The van der Waals surface area contributed by atoms with Crippen LogP contribution in [0.4, 0.5) is 5.69 Å². The Balaban J connectivity index is 2.17. The van der Waals surface area contributed by atoms with Gasteiger partial charge in [0.25, 0.3) is 0 Å². The summed E-state index contributed by atoms with van der Waals surface area (Å²) < 4.78 is 25.8. The summed E-state index contributed by atoms with van der Waals surface area (Å²) in [4.78, 5) is 13.6. The zero-order chi connectivity index (χ0) is 16.8. The maximum Gasteiger partial charge on any atom is 0.243 e. The average molecular weight is 435 g/mol. The van der Waals surface area contributed by atoms with E-state index in [1.807, 2.05) is 0 Å². The summed E-state index contributed by atoms with van der Waals surface area (Å²) in [5.74, 6) is -1.03. The number of carbonyl (C=O) groups is 1. The van der Waals surface area contributed by atoms with Gasteiger partial charge in [-0.3, -0.25) is 9.69 Å². The molecule has 0 spiro atoms. The summed E-state index contributed by atoms with van der Waals surface area (Å²) in [5.41, 5.74) is 0.833. The van der Waals surface area contributed by atoms with E-state index in [1.165, 1.54) is 17.0 Å². The van der Waals surface area contributed by atoms with Gasteiger partial charge in [-0.25, -0.2) is 8.42 Å². The molecule has 2 aromatic carbocycles. The lowest BCUT2D eigenvalue weighted by atomic mass is 10.2. The van der Waals surface area contributed by atoms with E-state index < -0.39 is 26.9 Å². The van der Waals surface area contributed by atoms with E-state index in [2.05, 4.69) is 15.9 Å². The third-order valence-electron chi connectivity index (χ3n) is 3.50. The largest absolute Gasteiger partial charge is 0.290 e. The zero-order valence-electron chi connectivity index (χ0n) is 11.5. The molecule has 120 valence electrons. The summed E-state index contributed by atoms with van der Waals surface area (Å²) >= 11 is 15.4. The quantitative estimate of drug-likeness (QED) is 0.711.